The number of halogens is 4. The third-order valence-electron chi connectivity index (χ3n) is 3.67. The van der Waals surface area contributed by atoms with Crippen LogP contribution in [0, 0.1) is 17.5 Å². The SMILES string of the molecule is CCC(C)Nc1c(-c2c(F)ccc(F)c2F)c(Cl)nc2ncnn12. The van der Waals surface area contributed by atoms with Crippen molar-refractivity contribution in [1.82, 2.24) is 19.6 Å². The van der Waals surface area contributed by atoms with Gasteiger partial charge in [0.05, 0.1) is 11.1 Å². The van der Waals surface area contributed by atoms with Crippen LogP contribution in [0.1, 0.15) is 20.3 Å². The van der Waals surface area contributed by atoms with Gasteiger partial charge >= 0.3 is 0 Å². The summed E-state index contributed by atoms with van der Waals surface area (Å²) in [7, 11) is 0. The van der Waals surface area contributed by atoms with Crippen LogP contribution in [0.4, 0.5) is 19.0 Å². The van der Waals surface area contributed by atoms with Crippen LogP contribution in [0.2, 0.25) is 5.15 Å². The van der Waals surface area contributed by atoms with Crippen LogP contribution in [0.15, 0.2) is 18.5 Å². The van der Waals surface area contributed by atoms with Crippen molar-refractivity contribution in [3.8, 4) is 11.1 Å². The Morgan fingerprint density at radius 2 is 1.92 bits per heavy atom. The zero-order valence-electron chi connectivity index (χ0n) is 12.8. The van der Waals surface area contributed by atoms with Gasteiger partial charge in [-0.05, 0) is 25.5 Å². The van der Waals surface area contributed by atoms with E-state index in [2.05, 4.69) is 20.4 Å². The number of aromatic nitrogens is 4. The standard InChI is InChI=1S/C15H13ClF3N5/c1-3-7(2)22-14-11(10-8(17)4-5-9(18)12(10)19)13(16)23-15-20-6-21-24(14)15/h4-7,22H,3H2,1-2H3. The Balaban J connectivity index is 2.37. The normalized spacial score (nSPS) is 12.6. The van der Waals surface area contributed by atoms with E-state index in [-0.39, 0.29) is 28.4 Å². The number of anilines is 1. The summed E-state index contributed by atoms with van der Waals surface area (Å²) in [6.45, 7) is 3.81. The van der Waals surface area contributed by atoms with Crippen molar-refractivity contribution in [2.45, 2.75) is 26.3 Å². The molecule has 0 saturated carbocycles. The predicted octanol–water partition coefficient (Wildman–Crippen LogP) is 4.07. The van der Waals surface area contributed by atoms with Crippen LogP contribution >= 0.6 is 11.6 Å². The van der Waals surface area contributed by atoms with Crippen molar-refractivity contribution in [3.05, 3.63) is 41.1 Å². The van der Waals surface area contributed by atoms with Gasteiger partial charge in [-0.1, -0.05) is 18.5 Å². The topological polar surface area (TPSA) is 55.1 Å². The molecule has 3 rings (SSSR count). The Labute approximate surface area is 140 Å². The van der Waals surface area contributed by atoms with Gasteiger partial charge in [-0.3, -0.25) is 0 Å². The van der Waals surface area contributed by atoms with E-state index in [0.717, 1.165) is 12.5 Å². The van der Waals surface area contributed by atoms with E-state index in [0.29, 0.717) is 6.07 Å². The molecular weight excluding hydrogens is 343 g/mol. The van der Waals surface area contributed by atoms with Crippen molar-refractivity contribution in [2.24, 2.45) is 0 Å². The third kappa shape index (κ3) is 2.66. The molecule has 24 heavy (non-hydrogen) atoms. The van der Waals surface area contributed by atoms with Gasteiger partial charge in [-0.2, -0.15) is 19.6 Å². The van der Waals surface area contributed by atoms with E-state index in [1.54, 1.807) is 0 Å². The molecule has 0 spiro atoms. The van der Waals surface area contributed by atoms with Crippen molar-refractivity contribution in [2.75, 3.05) is 5.32 Å². The molecule has 0 aliphatic carbocycles. The molecule has 2 heterocycles. The van der Waals surface area contributed by atoms with Gasteiger partial charge in [0.15, 0.2) is 11.6 Å². The first-order valence-electron chi connectivity index (χ1n) is 7.23. The van der Waals surface area contributed by atoms with E-state index in [1.165, 1.54) is 10.8 Å². The van der Waals surface area contributed by atoms with E-state index < -0.39 is 23.0 Å². The second-order valence-corrected chi connectivity index (χ2v) is 5.63. The molecule has 5 nitrogen and oxygen atoms in total. The number of benzene rings is 1. The van der Waals surface area contributed by atoms with E-state index in [1.807, 2.05) is 13.8 Å². The fourth-order valence-corrected chi connectivity index (χ4v) is 2.52. The van der Waals surface area contributed by atoms with E-state index >= 15 is 0 Å². The quantitative estimate of drug-likeness (QED) is 0.566. The summed E-state index contributed by atoms with van der Waals surface area (Å²) >= 11 is 6.13. The van der Waals surface area contributed by atoms with Gasteiger partial charge in [0.2, 0.25) is 0 Å². The van der Waals surface area contributed by atoms with Gasteiger partial charge in [0, 0.05) is 6.04 Å². The lowest BCUT2D eigenvalue weighted by atomic mass is 10.1. The Kier molecular flexibility index (Phi) is 4.31. The van der Waals surface area contributed by atoms with Crippen LogP contribution < -0.4 is 5.32 Å². The van der Waals surface area contributed by atoms with Gasteiger partial charge in [-0.15, -0.1) is 0 Å². The summed E-state index contributed by atoms with van der Waals surface area (Å²) in [5, 5.41) is 6.88. The number of hydrogen-bond acceptors (Lipinski definition) is 4. The molecule has 0 bridgehead atoms. The summed E-state index contributed by atoms with van der Waals surface area (Å²) in [5.74, 6) is -3.13. The molecule has 0 aliphatic rings. The summed E-state index contributed by atoms with van der Waals surface area (Å²) in [6.07, 6.45) is 1.96. The average molecular weight is 356 g/mol. The summed E-state index contributed by atoms with van der Waals surface area (Å²) < 4.78 is 43.4. The first-order valence-corrected chi connectivity index (χ1v) is 7.61. The maximum atomic E-state index is 14.3. The highest BCUT2D eigenvalue weighted by Gasteiger charge is 2.25. The smallest absolute Gasteiger partial charge is 0.255 e. The van der Waals surface area contributed by atoms with Gasteiger partial charge in [0.25, 0.3) is 5.78 Å². The maximum Gasteiger partial charge on any atom is 0.255 e. The Morgan fingerprint density at radius 1 is 1.21 bits per heavy atom. The first-order chi connectivity index (χ1) is 11.4. The molecule has 1 aromatic carbocycles. The van der Waals surface area contributed by atoms with Gasteiger partial charge in [-0.25, -0.2) is 13.2 Å². The van der Waals surface area contributed by atoms with Crippen molar-refractivity contribution in [1.29, 1.82) is 0 Å². The van der Waals surface area contributed by atoms with Crippen LogP contribution in [-0.2, 0) is 0 Å². The molecule has 0 fully saturated rings. The van der Waals surface area contributed by atoms with Crippen LogP contribution in [0.25, 0.3) is 16.9 Å². The summed E-state index contributed by atoms with van der Waals surface area (Å²) in [6, 6.07) is 1.49. The first kappa shape index (κ1) is 16.5. The highest BCUT2D eigenvalue weighted by Crippen LogP contribution is 2.38. The van der Waals surface area contributed by atoms with Crippen LogP contribution in [0.3, 0.4) is 0 Å². The number of nitrogens with zero attached hydrogens (tertiary/aromatic N) is 4. The average Bonchev–Trinajstić information content (AvgIpc) is 3.01. The maximum absolute atomic E-state index is 14.3. The minimum absolute atomic E-state index is 0.0608. The van der Waals surface area contributed by atoms with E-state index in [9.17, 15) is 13.2 Å². The monoisotopic (exact) mass is 355 g/mol. The molecule has 0 aliphatic heterocycles. The number of nitrogens with one attached hydrogen (secondary N) is 1. The molecule has 126 valence electrons. The van der Waals surface area contributed by atoms with Crippen LogP contribution in [-0.4, -0.2) is 25.6 Å². The lowest BCUT2D eigenvalue weighted by Crippen LogP contribution is -2.18. The summed E-state index contributed by atoms with van der Waals surface area (Å²) in [4.78, 5) is 7.90. The van der Waals surface area contributed by atoms with Crippen molar-refractivity contribution in [3.63, 3.8) is 0 Å². The number of hydrogen-bond donors (Lipinski definition) is 1. The van der Waals surface area contributed by atoms with Gasteiger partial charge in [0.1, 0.15) is 23.1 Å². The molecule has 1 N–H and O–H groups in total. The third-order valence-corrected chi connectivity index (χ3v) is 3.95. The lowest BCUT2D eigenvalue weighted by Gasteiger charge is -2.19. The molecule has 9 heteroatoms. The second kappa shape index (κ2) is 6.27. The highest BCUT2D eigenvalue weighted by atomic mass is 35.5. The highest BCUT2D eigenvalue weighted by molar-refractivity contribution is 6.33. The molecule has 3 aromatic rings. The lowest BCUT2D eigenvalue weighted by molar-refractivity contribution is 0.499. The fourth-order valence-electron chi connectivity index (χ4n) is 2.26. The van der Waals surface area contributed by atoms with Gasteiger partial charge < -0.3 is 5.32 Å². The Bertz CT molecular complexity index is 912. The molecule has 0 amide bonds. The predicted molar refractivity (Wildman–Crippen MR) is 84.5 cm³/mol. The fraction of sp³-hybridized carbons (Fsp3) is 0.267. The second-order valence-electron chi connectivity index (χ2n) is 5.27. The Morgan fingerprint density at radius 3 is 2.62 bits per heavy atom. The van der Waals surface area contributed by atoms with E-state index in [4.69, 9.17) is 11.6 Å². The molecule has 2 aromatic heterocycles. The van der Waals surface area contributed by atoms with Crippen molar-refractivity contribution >= 4 is 23.2 Å². The Hall–Kier alpha value is -2.35. The zero-order chi connectivity index (χ0) is 17.4. The number of rotatable bonds is 4. The molecule has 0 saturated heterocycles. The molecule has 1 atom stereocenters. The van der Waals surface area contributed by atoms with Crippen molar-refractivity contribution < 1.29 is 13.2 Å². The zero-order valence-corrected chi connectivity index (χ0v) is 13.6. The van der Waals surface area contributed by atoms with Crippen LogP contribution in [0.5, 0.6) is 0 Å². The summed E-state index contributed by atoms with van der Waals surface area (Å²) in [5.41, 5.74) is -0.708. The molecule has 1 unspecified atom stereocenters. The molecule has 0 radical (unpaired) electrons. The minimum Gasteiger partial charge on any atom is -0.367 e. The number of fused-ring (bicyclic) bond motifs is 1. The minimum atomic E-state index is -1.34. The largest absolute Gasteiger partial charge is 0.367 e. The molecular formula is C15H13ClF3N5.